The Labute approximate surface area is 156 Å². The number of amides is 1. The minimum atomic E-state index is -4.81. The van der Waals surface area contributed by atoms with E-state index in [-0.39, 0.29) is 18.1 Å². The molecule has 0 spiro atoms. The van der Waals surface area contributed by atoms with Gasteiger partial charge in [-0.05, 0) is 29.8 Å². The van der Waals surface area contributed by atoms with Gasteiger partial charge in [-0.15, -0.1) is 0 Å². The number of para-hydroxylation sites is 1. The van der Waals surface area contributed by atoms with E-state index < -0.39 is 23.7 Å². The van der Waals surface area contributed by atoms with E-state index in [0.717, 1.165) is 6.07 Å². The van der Waals surface area contributed by atoms with Gasteiger partial charge in [-0.25, -0.2) is 4.39 Å². The first-order valence-corrected chi connectivity index (χ1v) is 7.93. The third-order valence-corrected chi connectivity index (χ3v) is 3.70. The molecule has 28 heavy (non-hydrogen) atoms. The fourth-order valence-corrected chi connectivity index (χ4v) is 2.35. The van der Waals surface area contributed by atoms with Crippen molar-refractivity contribution < 1.29 is 31.6 Å². The number of rotatable bonds is 5. The van der Waals surface area contributed by atoms with Crippen LogP contribution in [0.5, 0.6) is 5.75 Å². The van der Waals surface area contributed by atoms with E-state index in [4.69, 9.17) is 4.74 Å². The van der Waals surface area contributed by atoms with E-state index in [1.165, 1.54) is 19.2 Å². The lowest BCUT2D eigenvalue weighted by Crippen LogP contribution is -2.18. The van der Waals surface area contributed by atoms with Crippen LogP contribution in [0.1, 0.15) is 21.8 Å². The molecule has 0 bridgehead atoms. The smallest absolute Gasteiger partial charge is 0.471 e. The Morgan fingerprint density at radius 3 is 2.61 bits per heavy atom. The van der Waals surface area contributed by atoms with Crippen LogP contribution in [0.3, 0.4) is 0 Å². The highest BCUT2D eigenvalue weighted by Crippen LogP contribution is 2.30. The average Bonchev–Trinajstić information content (AvgIpc) is 3.16. The Morgan fingerprint density at radius 1 is 1.21 bits per heavy atom. The first-order chi connectivity index (χ1) is 13.3. The van der Waals surface area contributed by atoms with Crippen LogP contribution in [-0.2, 0) is 12.8 Å². The summed E-state index contributed by atoms with van der Waals surface area (Å²) in [5.74, 6) is -2.94. The highest BCUT2D eigenvalue weighted by Gasteiger charge is 2.38. The van der Waals surface area contributed by atoms with Gasteiger partial charge in [0.05, 0.1) is 11.1 Å². The number of carbonyl (C=O) groups is 1. The zero-order chi connectivity index (χ0) is 20.3. The Bertz CT molecular complexity index is 1000. The Balaban J connectivity index is 1.77. The minimum absolute atomic E-state index is 0.0642. The number of benzene rings is 2. The van der Waals surface area contributed by atoms with Crippen LogP contribution < -0.4 is 10.1 Å². The van der Waals surface area contributed by atoms with Crippen LogP contribution in [-0.4, -0.2) is 23.1 Å². The van der Waals surface area contributed by atoms with Crippen LogP contribution in [0.4, 0.5) is 17.6 Å². The van der Waals surface area contributed by atoms with Crippen molar-refractivity contribution in [3.05, 3.63) is 65.3 Å². The molecule has 0 saturated heterocycles. The number of hydrogen-bond donors (Lipinski definition) is 1. The van der Waals surface area contributed by atoms with Gasteiger partial charge < -0.3 is 14.6 Å². The summed E-state index contributed by atoms with van der Waals surface area (Å²) in [6, 6.07) is 10.3. The largest absolute Gasteiger partial charge is 0.488 e. The van der Waals surface area contributed by atoms with E-state index in [9.17, 15) is 22.4 Å². The Hall–Kier alpha value is -3.43. The number of alkyl halides is 3. The molecule has 1 heterocycles. The molecule has 146 valence electrons. The summed E-state index contributed by atoms with van der Waals surface area (Å²) in [5.41, 5.74) is 0.467. The summed E-state index contributed by atoms with van der Waals surface area (Å²) in [4.78, 5) is 15.0. The van der Waals surface area contributed by atoms with Crippen molar-refractivity contribution in [2.45, 2.75) is 12.8 Å². The van der Waals surface area contributed by atoms with Crippen LogP contribution in [0, 0.1) is 5.82 Å². The average molecular weight is 395 g/mol. The van der Waals surface area contributed by atoms with Gasteiger partial charge in [0.1, 0.15) is 18.2 Å². The monoisotopic (exact) mass is 395 g/mol. The molecule has 0 aliphatic carbocycles. The van der Waals surface area contributed by atoms with Gasteiger partial charge in [0.15, 0.2) is 0 Å². The third kappa shape index (κ3) is 4.11. The predicted molar refractivity (Wildman–Crippen MR) is 88.9 cm³/mol. The van der Waals surface area contributed by atoms with Gasteiger partial charge in [-0.3, -0.25) is 4.79 Å². The van der Waals surface area contributed by atoms with Gasteiger partial charge in [0, 0.05) is 7.05 Å². The molecular formula is C18H13F4N3O3. The number of halogens is 4. The highest BCUT2D eigenvalue weighted by atomic mass is 19.4. The van der Waals surface area contributed by atoms with Gasteiger partial charge in [-0.2, -0.15) is 18.2 Å². The van der Waals surface area contributed by atoms with Crippen molar-refractivity contribution in [1.29, 1.82) is 0 Å². The molecule has 1 N–H and O–H groups in total. The maximum absolute atomic E-state index is 14.3. The van der Waals surface area contributed by atoms with Crippen molar-refractivity contribution >= 4 is 5.91 Å². The SMILES string of the molecule is CNC(=O)c1ccccc1OCc1ccc(-c2noc(C(F)(F)F)n2)c(F)c1. The molecule has 3 aromatic rings. The first-order valence-electron chi connectivity index (χ1n) is 7.93. The molecule has 2 aromatic carbocycles. The second-order valence-electron chi connectivity index (χ2n) is 5.60. The number of ether oxygens (including phenoxy) is 1. The standard InChI is InChI=1S/C18H13F4N3O3/c1-23-16(26)12-4-2-3-5-14(12)27-9-10-6-7-11(13(19)8-10)15-24-17(28-25-15)18(20,21)22/h2-8H,9H2,1H3,(H,23,26). The number of nitrogens with zero attached hydrogens (tertiary/aromatic N) is 2. The number of hydrogen-bond acceptors (Lipinski definition) is 5. The molecule has 0 radical (unpaired) electrons. The Morgan fingerprint density at radius 2 is 1.96 bits per heavy atom. The van der Waals surface area contributed by atoms with Crippen molar-refractivity contribution in [2.24, 2.45) is 0 Å². The van der Waals surface area contributed by atoms with E-state index in [2.05, 4.69) is 20.0 Å². The quantitative estimate of drug-likeness (QED) is 0.665. The fraction of sp³-hybridized carbons (Fsp3) is 0.167. The molecule has 1 aromatic heterocycles. The van der Waals surface area contributed by atoms with Gasteiger partial charge in [0.2, 0.25) is 5.82 Å². The van der Waals surface area contributed by atoms with Crippen molar-refractivity contribution in [1.82, 2.24) is 15.5 Å². The van der Waals surface area contributed by atoms with Gasteiger partial charge in [0.25, 0.3) is 5.91 Å². The Kier molecular flexibility index (Phi) is 5.30. The summed E-state index contributed by atoms with van der Waals surface area (Å²) in [6.07, 6.45) is -4.81. The zero-order valence-electron chi connectivity index (χ0n) is 14.4. The lowest BCUT2D eigenvalue weighted by atomic mass is 10.1. The molecule has 0 fully saturated rings. The van der Waals surface area contributed by atoms with Crippen LogP contribution in [0.25, 0.3) is 11.4 Å². The van der Waals surface area contributed by atoms with E-state index in [0.29, 0.717) is 16.9 Å². The fourth-order valence-electron chi connectivity index (χ4n) is 2.35. The molecular weight excluding hydrogens is 382 g/mol. The van der Waals surface area contributed by atoms with Crippen molar-refractivity contribution in [2.75, 3.05) is 7.05 Å². The van der Waals surface area contributed by atoms with E-state index in [1.807, 2.05) is 0 Å². The third-order valence-electron chi connectivity index (χ3n) is 3.70. The van der Waals surface area contributed by atoms with Crippen molar-refractivity contribution in [3.63, 3.8) is 0 Å². The van der Waals surface area contributed by atoms with Gasteiger partial charge >= 0.3 is 12.1 Å². The number of aromatic nitrogens is 2. The predicted octanol–water partition coefficient (Wildman–Crippen LogP) is 3.83. The van der Waals surface area contributed by atoms with Crippen LogP contribution in [0.2, 0.25) is 0 Å². The summed E-state index contributed by atoms with van der Waals surface area (Å²) in [5, 5.41) is 5.64. The molecule has 10 heteroatoms. The van der Waals surface area contributed by atoms with Crippen molar-refractivity contribution in [3.8, 4) is 17.1 Å². The normalized spacial score (nSPS) is 11.3. The summed E-state index contributed by atoms with van der Waals surface area (Å²) in [7, 11) is 1.48. The second-order valence-corrected chi connectivity index (χ2v) is 5.60. The molecule has 0 aliphatic heterocycles. The minimum Gasteiger partial charge on any atom is -0.488 e. The lowest BCUT2D eigenvalue weighted by molar-refractivity contribution is -0.159. The topological polar surface area (TPSA) is 77.2 Å². The van der Waals surface area contributed by atoms with Crippen LogP contribution in [0.15, 0.2) is 47.0 Å². The second kappa shape index (κ2) is 7.67. The van der Waals surface area contributed by atoms with Crippen LogP contribution >= 0.6 is 0 Å². The first kappa shape index (κ1) is 19.3. The van der Waals surface area contributed by atoms with Gasteiger partial charge in [-0.1, -0.05) is 23.4 Å². The summed E-state index contributed by atoms with van der Waals surface area (Å²) >= 11 is 0. The maximum Gasteiger partial charge on any atom is 0.471 e. The maximum atomic E-state index is 14.3. The van der Waals surface area contributed by atoms with E-state index in [1.54, 1.807) is 24.3 Å². The molecule has 0 atom stereocenters. The highest BCUT2D eigenvalue weighted by molar-refractivity contribution is 5.96. The zero-order valence-corrected chi connectivity index (χ0v) is 14.4. The molecule has 3 rings (SSSR count). The summed E-state index contributed by atoms with van der Waals surface area (Å²) in [6.45, 7) is -0.0642. The number of nitrogens with one attached hydrogen (secondary N) is 1. The summed E-state index contributed by atoms with van der Waals surface area (Å²) < 4.78 is 61.6. The molecule has 0 aliphatic rings. The number of carbonyl (C=O) groups excluding carboxylic acids is 1. The van der Waals surface area contributed by atoms with E-state index >= 15 is 0 Å². The molecule has 0 unspecified atom stereocenters. The molecule has 0 saturated carbocycles. The molecule has 1 amide bonds. The lowest BCUT2D eigenvalue weighted by Gasteiger charge is -2.11. The molecule has 6 nitrogen and oxygen atoms in total.